The third-order valence-electron chi connectivity index (χ3n) is 4.90. The fourth-order valence-corrected chi connectivity index (χ4v) is 4.34. The maximum Gasteiger partial charge on any atom is 0.210 e. The van der Waals surface area contributed by atoms with Crippen LogP contribution in [0.15, 0.2) is 53.1 Å². The molecule has 1 saturated heterocycles. The molecule has 2 heterocycles. The topological polar surface area (TPSA) is 45.4 Å². The summed E-state index contributed by atoms with van der Waals surface area (Å²) in [6.07, 6.45) is 3.04. The highest BCUT2D eigenvalue weighted by atomic mass is 79.9. The van der Waals surface area contributed by atoms with Crippen molar-refractivity contribution < 1.29 is 18.6 Å². The van der Waals surface area contributed by atoms with Crippen LogP contribution in [0.3, 0.4) is 0 Å². The summed E-state index contributed by atoms with van der Waals surface area (Å²) < 4.78 is 27.0. The second-order valence-corrected chi connectivity index (χ2v) is 7.47. The highest BCUT2D eigenvalue weighted by Gasteiger charge is 2.28. The van der Waals surface area contributed by atoms with Gasteiger partial charge >= 0.3 is 0 Å². The summed E-state index contributed by atoms with van der Waals surface area (Å²) in [5.41, 5.74) is 1.60. The predicted octanol–water partition coefficient (Wildman–Crippen LogP) is 4.85. The molecule has 1 fully saturated rings. The Morgan fingerprint density at radius 2 is 1.89 bits per heavy atom. The minimum atomic E-state index is -0.396. The summed E-state index contributed by atoms with van der Waals surface area (Å²) in [6, 6.07) is 12.4. The summed E-state index contributed by atoms with van der Waals surface area (Å²) in [5.74, 6) is 0.0532. The first-order valence-corrected chi connectivity index (χ1v) is 9.72. The van der Waals surface area contributed by atoms with Crippen molar-refractivity contribution in [1.82, 2.24) is 0 Å². The molecule has 0 saturated carbocycles. The third kappa shape index (κ3) is 3.77. The highest BCUT2D eigenvalue weighted by molar-refractivity contribution is 9.10. The van der Waals surface area contributed by atoms with E-state index in [2.05, 4.69) is 15.9 Å². The van der Waals surface area contributed by atoms with Crippen LogP contribution in [-0.2, 0) is 11.3 Å². The molecule has 1 aliphatic heterocycles. The van der Waals surface area contributed by atoms with Gasteiger partial charge in [0.15, 0.2) is 6.20 Å². The summed E-state index contributed by atoms with van der Waals surface area (Å²) in [5, 5.41) is 14.0. The van der Waals surface area contributed by atoms with Gasteiger partial charge in [0, 0.05) is 24.7 Å². The Hall–Kier alpha value is -2.18. The molecule has 0 N–H and O–H groups in total. The summed E-state index contributed by atoms with van der Waals surface area (Å²) in [4.78, 5) is 0. The molecule has 3 aromatic rings. The molecule has 0 aliphatic carbocycles. The molecule has 4 rings (SSSR count). The van der Waals surface area contributed by atoms with E-state index < -0.39 is 5.82 Å². The Morgan fingerprint density at radius 3 is 2.63 bits per heavy atom. The average Bonchev–Trinajstić information content (AvgIpc) is 2.69. The van der Waals surface area contributed by atoms with Crippen molar-refractivity contribution in [3.05, 3.63) is 75.4 Å². The van der Waals surface area contributed by atoms with Crippen molar-refractivity contribution in [2.24, 2.45) is 0 Å². The standard InChI is InChI=1S/C21H19BrFNO3/c22-20-17-10-16(23)11-19(27-13-14-4-2-1-3-5-14)18(17)12-24(25)21(20)15-6-8-26-9-7-15/h1-5,10-12,15H,6-9,13H2. The molecule has 0 amide bonds. The Kier molecular flexibility index (Phi) is 5.27. The quantitative estimate of drug-likeness (QED) is 0.438. The van der Waals surface area contributed by atoms with Crippen LogP contribution in [-0.4, -0.2) is 13.2 Å². The molecule has 0 atom stereocenters. The zero-order valence-corrected chi connectivity index (χ0v) is 16.2. The van der Waals surface area contributed by atoms with Gasteiger partial charge in [0.25, 0.3) is 0 Å². The fraction of sp³-hybridized carbons (Fsp3) is 0.286. The third-order valence-corrected chi connectivity index (χ3v) is 5.73. The lowest BCUT2D eigenvalue weighted by Crippen LogP contribution is -2.35. The van der Waals surface area contributed by atoms with Crippen LogP contribution >= 0.6 is 15.9 Å². The van der Waals surface area contributed by atoms with Crippen molar-refractivity contribution in [1.29, 1.82) is 0 Å². The van der Waals surface area contributed by atoms with Crippen LogP contribution in [0, 0.1) is 11.0 Å². The molecule has 1 aliphatic rings. The first kappa shape index (κ1) is 18.2. The SMILES string of the molecule is [O-][n+]1cc2c(OCc3ccccc3)cc(F)cc2c(Br)c1C1CCOCC1. The van der Waals surface area contributed by atoms with Gasteiger partial charge < -0.3 is 14.7 Å². The van der Waals surface area contributed by atoms with Crippen LogP contribution in [0.1, 0.15) is 30.0 Å². The fourth-order valence-electron chi connectivity index (χ4n) is 3.51. The van der Waals surface area contributed by atoms with Gasteiger partial charge in [-0.2, -0.15) is 4.73 Å². The van der Waals surface area contributed by atoms with Crippen LogP contribution in [0.2, 0.25) is 0 Å². The Labute approximate surface area is 165 Å². The van der Waals surface area contributed by atoms with Crippen molar-refractivity contribution in [3.8, 4) is 5.75 Å². The number of aromatic nitrogens is 1. The summed E-state index contributed by atoms with van der Waals surface area (Å²) in [7, 11) is 0. The van der Waals surface area contributed by atoms with Crippen molar-refractivity contribution in [2.75, 3.05) is 13.2 Å². The van der Waals surface area contributed by atoms with E-state index in [0.29, 0.717) is 46.5 Å². The number of fused-ring (bicyclic) bond motifs is 1. The largest absolute Gasteiger partial charge is 0.618 e. The second kappa shape index (κ2) is 7.82. The van der Waals surface area contributed by atoms with Gasteiger partial charge in [-0.1, -0.05) is 30.3 Å². The average molecular weight is 432 g/mol. The van der Waals surface area contributed by atoms with Crippen LogP contribution < -0.4 is 9.47 Å². The van der Waals surface area contributed by atoms with Gasteiger partial charge in [0.2, 0.25) is 5.69 Å². The number of ether oxygens (including phenoxy) is 2. The first-order valence-electron chi connectivity index (χ1n) is 8.93. The maximum atomic E-state index is 14.3. The molecule has 4 nitrogen and oxygen atoms in total. The Morgan fingerprint density at radius 1 is 1.15 bits per heavy atom. The number of benzene rings is 2. The van der Waals surface area contributed by atoms with E-state index in [9.17, 15) is 9.60 Å². The molecule has 1 aromatic heterocycles. The number of halogens is 2. The number of hydrogen-bond donors (Lipinski definition) is 0. The molecule has 27 heavy (non-hydrogen) atoms. The van der Waals surface area contributed by atoms with Gasteiger partial charge in [-0.25, -0.2) is 4.39 Å². The minimum Gasteiger partial charge on any atom is -0.618 e. The zero-order valence-electron chi connectivity index (χ0n) is 14.7. The molecule has 2 aromatic carbocycles. The molecule has 0 unspecified atom stereocenters. The van der Waals surface area contributed by atoms with Gasteiger partial charge in [-0.15, -0.1) is 0 Å². The number of rotatable bonds is 4. The van der Waals surface area contributed by atoms with Crippen molar-refractivity contribution in [2.45, 2.75) is 25.4 Å². The lowest BCUT2D eigenvalue weighted by atomic mass is 9.94. The Bertz CT molecular complexity index is 959. The van der Waals surface area contributed by atoms with Crippen molar-refractivity contribution in [3.63, 3.8) is 0 Å². The highest BCUT2D eigenvalue weighted by Crippen LogP contribution is 2.37. The van der Waals surface area contributed by atoms with Gasteiger partial charge in [0.05, 0.1) is 15.8 Å². The molecule has 0 spiro atoms. The normalized spacial score (nSPS) is 15.2. The molecule has 0 bridgehead atoms. The van der Waals surface area contributed by atoms with Gasteiger partial charge in [0.1, 0.15) is 18.2 Å². The predicted molar refractivity (Wildman–Crippen MR) is 104 cm³/mol. The smallest absolute Gasteiger partial charge is 0.210 e. The summed E-state index contributed by atoms with van der Waals surface area (Å²) in [6.45, 7) is 1.56. The molecule has 140 valence electrons. The Balaban J connectivity index is 1.75. The van der Waals surface area contributed by atoms with Crippen LogP contribution in [0.5, 0.6) is 5.75 Å². The second-order valence-electron chi connectivity index (χ2n) is 6.68. The lowest BCUT2D eigenvalue weighted by molar-refractivity contribution is -0.615. The van der Waals surface area contributed by atoms with Crippen LogP contribution in [0.4, 0.5) is 4.39 Å². The number of nitrogens with zero attached hydrogens (tertiary/aromatic N) is 1. The van der Waals surface area contributed by atoms with Gasteiger partial charge in [-0.3, -0.25) is 0 Å². The monoisotopic (exact) mass is 431 g/mol. The van der Waals surface area contributed by atoms with E-state index in [4.69, 9.17) is 9.47 Å². The summed E-state index contributed by atoms with van der Waals surface area (Å²) >= 11 is 3.55. The molecular formula is C21H19BrFNO3. The van der Waals surface area contributed by atoms with Gasteiger partial charge in [-0.05, 0) is 40.4 Å². The first-order chi connectivity index (χ1) is 13.1. The number of pyridine rings is 1. The molecule has 0 radical (unpaired) electrons. The van der Waals surface area contributed by atoms with E-state index >= 15 is 0 Å². The van der Waals surface area contributed by atoms with E-state index in [1.807, 2.05) is 30.3 Å². The van der Waals surface area contributed by atoms with E-state index in [0.717, 1.165) is 23.1 Å². The molecule has 6 heteroatoms. The number of hydrogen-bond acceptors (Lipinski definition) is 3. The van der Waals surface area contributed by atoms with Crippen LogP contribution in [0.25, 0.3) is 10.8 Å². The zero-order chi connectivity index (χ0) is 18.8. The van der Waals surface area contributed by atoms with E-state index in [1.54, 1.807) is 0 Å². The minimum absolute atomic E-state index is 0.0898. The van der Waals surface area contributed by atoms with E-state index in [-0.39, 0.29) is 5.92 Å². The molecular weight excluding hydrogens is 413 g/mol. The maximum absolute atomic E-state index is 14.3. The van der Waals surface area contributed by atoms with Crippen molar-refractivity contribution >= 4 is 26.7 Å². The van der Waals surface area contributed by atoms with E-state index in [1.165, 1.54) is 18.3 Å². The lowest BCUT2D eigenvalue weighted by Gasteiger charge is -2.22.